The molecule has 0 unspecified atom stereocenters. The van der Waals surface area contributed by atoms with E-state index in [1.807, 2.05) is 6.07 Å². The fourth-order valence-corrected chi connectivity index (χ4v) is 1.78. The van der Waals surface area contributed by atoms with E-state index in [-0.39, 0.29) is 22.2 Å². The van der Waals surface area contributed by atoms with Crippen LogP contribution >= 0.6 is 11.6 Å². The molecule has 0 saturated carbocycles. The Bertz CT molecular complexity index is 677. The molecule has 0 fully saturated rings. The van der Waals surface area contributed by atoms with Gasteiger partial charge in [0.05, 0.1) is 5.56 Å². The normalized spacial score (nSPS) is 10.9. The lowest BCUT2D eigenvalue weighted by Crippen LogP contribution is -2.05. The molecule has 2 rings (SSSR count). The van der Waals surface area contributed by atoms with Gasteiger partial charge >= 0.3 is 6.18 Å². The summed E-state index contributed by atoms with van der Waals surface area (Å²) in [5.74, 6) is 0.263. The van der Waals surface area contributed by atoms with Crippen molar-refractivity contribution in [3.63, 3.8) is 0 Å². The lowest BCUT2D eigenvalue weighted by atomic mass is 10.2. The fraction of sp³-hybridized carbons (Fsp3) is 0.0769. The molecule has 102 valence electrons. The van der Waals surface area contributed by atoms with E-state index in [0.29, 0.717) is 0 Å². The van der Waals surface area contributed by atoms with E-state index in [2.05, 4.69) is 10.3 Å². The molecule has 1 heterocycles. The third-order valence-corrected chi connectivity index (χ3v) is 2.58. The average molecular weight is 298 g/mol. The standard InChI is InChI=1S/C13H7ClF3N3/c14-9-4-8(13(15,16)17)5-11(6-9)20-12-3-1-2-10(7-18)19-12/h1-6H,(H,19,20). The Kier molecular flexibility index (Phi) is 3.81. The SMILES string of the molecule is N#Cc1cccc(Nc2cc(Cl)cc(C(F)(F)F)c2)n1. The quantitative estimate of drug-likeness (QED) is 0.895. The molecular formula is C13H7ClF3N3. The smallest absolute Gasteiger partial charge is 0.340 e. The number of rotatable bonds is 2. The van der Waals surface area contributed by atoms with Crippen LogP contribution in [0.25, 0.3) is 0 Å². The number of nitriles is 1. The highest BCUT2D eigenvalue weighted by molar-refractivity contribution is 6.31. The van der Waals surface area contributed by atoms with Gasteiger partial charge in [-0.2, -0.15) is 18.4 Å². The van der Waals surface area contributed by atoms with Crippen molar-refractivity contribution in [3.05, 3.63) is 52.7 Å². The van der Waals surface area contributed by atoms with Crippen LogP contribution in [0.4, 0.5) is 24.7 Å². The van der Waals surface area contributed by atoms with Gasteiger partial charge in [0, 0.05) is 10.7 Å². The first kappa shape index (κ1) is 14.2. The lowest BCUT2D eigenvalue weighted by Gasteiger charge is -2.11. The summed E-state index contributed by atoms with van der Waals surface area (Å²) in [6, 6.07) is 9.55. The number of aromatic nitrogens is 1. The number of halogens is 4. The molecule has 0 bridgehead atoms. The van der Waals surface area contributed by atoms with Crippen molar-refractivity contribution in [2.24, 2.45) is 0 Å². The van der Waals surface area contributed by atoms with Gasteiger partial charge in [0.15, 0.2) is 0 Å². The van der Waals surface area contributed by atoms with Crippen LogP contribution in [-0.4, -0.2) is 4.98 Å². The van der Waals surface area contributed by atoms with E-state index in [4.69, 9.17) is 16.9 Å². The largest absolute Gasteiger partial charge is 0.416 e. The molecule has 0 aliphatic rings. The number of alkyl halides is 3. The lowest BCUT2D eigenvalue weighted by molar-refractivity contribution is -0.137. The second-order valence-corrected chi connectivity index (χ2v) is 4.31. The summed E-state index contributed by atoms with van der Waals surface area (Å²) >= 11 is 5.67. The van der Waals surface area contributed by atoms with E-state index in [1.165, 1.54) is 18.2 Å². The minimum absolute atomic E-state index is 0.0428. The molecule has 0 aliphatic carbocycles. The van der Waals surface area contributed by atoms with Crippen molar-refractivity contribution in [2.75, 3.05) is 5.32 Å². The third kappa shape index (κ3) is 3.39. The van der Waals surface area contributed by atoms with Crippen molar-refractivity contribution in [2.45, 2.75) is 6.18 Å². The summed E-state index contributed by atoms with van der Waals surface area (Å²) in [5, 5.41) is 11.4. The van der Waals surface area contributed by atoms with Crippen molar-refractivity contribution >= 4 is 23.1 Å². The Hall–Kier alpha value is -2.26. The van der Waals surface area contributed by atoms with Crippen LogP contribution < -0.4 is 5.32 Å². The summed E-state index contributed by atoms with van der Waals surface area (Å²) in [6.45, 7) is 0. The molecule has 20 heavy (non-hydrogen) atoms. The first-order chi connectivity index (χ1) is 9.38. The van der Waals surface area contributed by atoms with Crippen molar-refractivity contribution < 1.29 is 13.2 Å². The molecule has 1 N–H and O–H groups in total. The van der Waals surface area contributed by atoms with Gasteiger partial charge < -0.3 is 5.32 Å². The van der Waals surface area contributed by atoms with Gasteiger partial charge in [-0.25, -0.2) is 4.98 Å². The molecule has 0 aliphatic heterocycles. The summed E-state index contributed by atoms with van der Waals surface area (Å²) < 4.78 is 38.0. The number of hydrogen-bond acceptors (Lipinski definition) is 3. The minimum Gasteiger partial charge on any atom is -0.340 e. The van der Waals surface area contributed by atoms with Crippen molar-refractivity contribution in [3.8, 4) is 6.07 Å². The number of pyridine rings is 1. The van der Waals surface area contributed by atoms with E-state index >= 15 is 0 Å². The summed E-state index contributed by atoms with van der Waals surface area (Å²) in [5.41, 5.74) is -0.551. The van der Waals surface area contributed by atoms with Gasteiger partial charge in [-0.1, -0.05) is 17.7 Å². The molecule has 2 aromatic rings. The van der Waals surface area contributed by atoms with Crippen LogP contribution in [0.2, 0.25) is 5.02 Å². The zero-order valence-corrected chi connectivity index (χ0v) is 10.6. The number of benzene rings is 1. The fourth-order valence-electron chi connectivity index (χ4n) is 1.54. The Balaban J connectivity index is 2.34. The van der Waals surface area contributed by atoms with Crippen LogP contribution in [0.5, 0.6) is 0 Å². The van der Waals surface area contributed by atoms with Crippen molar-refractivity contribution in [1.82, 2.24) is 4.98 Å². The van der Waals surface area contributed by atoms with Gasteiger partial charge in [-0.3, -0.25) is 0 Å². The maximum Gasteiger partial charge on any atom is 0.416 e. The molecule has 3 nitrogen and oxygen atoms in total. The first-order valence-corrected chi connectivity index (χ1v) is 5.78. The first-order valence-electron chi connectivity index (χ1n) is 5.40. The topological polar surface area (TPSA) is 48.7 Å². The number of nitrogens with one attached hydrogen (secondary N) is 1. The summed E-state index contributed by atoms with van der Waals surface area (Å²) in [7, 11) is 0. The maximum atomic E-state index is 12.7. The van der Waals surface area contributed by atoms with Crippen LogP contribution in [-0.2, 0) is 6.18 Å². The highest BCUT2D eigenvalue weighted by atomic mass is 35.5. The van der Waals surface area contributed by atoms with Crippen molar-refractivity contribution in [1.29, 1.82) is 5.26 Å². The predicted molar refractivity (Wildman–Crippen MR) is 68.7 cm³/mol. The highest BCUT2D eigenvalue weighted by Gasteiger charge is 2.31. The molecule has 0 saturated heterocycles. The molecule has 1 aromatic heterocycles. The summed E-state index contributed by atoms with van der Waals surface area (Å²) in [4.78, 5) is 3.91. The minimum atomic E-state index is -4.48. The zero-order valence-electron chi connectivity index (χ0n) is 9.87. The molecular weight excluding hydrogens is 291 g/mol. The van der Waals surface area contributed by atoms with Gasteiger partial charge in [0.1, 0.15) is 17.6 Å². The van der Waals surface area contributed by atoms with E-state index in [9.17, 15) is 13.2 Å². The van der Waals surface area contributed by atoms with E-state index in [1.54, 1.807) is 6.07 Å². The molecule has 0 amide bonds. The van der Waals surface area contributed by atoms with Gasteiger partial charge in [-0.15, -0.1) is 0 Å². The highest BCUT2D eigenvalue weighted by Crippen LogP contribution is 2.33. The Morgan fingerprint density at radius 2 is 1.95 bits per heavy atom. The van der Waals surface area contributed by atoms with E-state index in [0.717, 1.165) is 12.1 Å². The Morgan fingerprint density at radius 1 is 1.20 bits per heavy atom. The second-order valence-electron chi connectivity index (χ2n) is 3.87. The van der Waals surface area contributed by atoms with Gasteiger partial charge in [0.2, 0.25) is 0 Å². The van der Waals surface area contributed by atoms with Crippen LogP contribution in [0.15, 0.2) is 36.4 Å². The zero-order chi connectivity index (χ0) is 14.8. The number of hydrogen-bond donors (Lipinski definition) is 1. The predicted octanol–water partition coefficient (Wildman–Crippen LogP) is 4.37. The van der Waals surface area contributed by atoms with Crippen LogP contribution in [0, 0.1) is 11.3 Å². The molecule has 0 atom stereocenters. The van der Waals surface area contributed by atoms with Crippen LogP contribution in [0.1, 0.15) is 11.3 Å². The molecule has 1 aromatic carbocycles. The van der Waals surface area contributed by atoms with Crippen LogP contribution in [0.3, 0.4) is 0 Å². The second kappa shape index (κ2) is 5.39. The Labute approximate surface area is 117 Å². The van der Waals surface area contributed by atoms with E-state index < -0.39 is 11.7 Å². The molecule has 0 radical (unpaired) electrons. The molecule has 7 heteroatoms. The number of anilines is 2. The maximum absolute atomic E-state index is 12.7. The van der Waals surface area contributed by atoms with Gasteiger partial charge in [-0.05, 0) is 30.3 Å². The number of nitrogens with zero attached hydrogens (tertiary/aromatic N) is 2. The monoisotopic (exact) mass is 297 g/mol. The molecule has 0 spiro atoms. The third-order valence-electron chi connectivity index (χ3n) is 2.36. The average Bonchev–Trinajstić information content (AvgIpc) is 2.37. The Morgan fingerprint density at radius 3 is 2.60 bits per heavy atom. The summed E-state index contributed by atoms with van der Waals surface area (Å²) in [6.07, 6.45) is -4.48. The van der Waals surface area contributed by atoms with Gasteiger partial charge in [0.25, 0.3) is 0 Å².